The Balaban J connectivity index is 1.87. The van der Waals surface area contributed by atoms with Crippen LogP contribution in [0.15, 0.2) is 24.3 Å². The van der Waals surface area contributed by atoms with Crippen molar-refractivity contribution < 1.29 is 5.11 Å². The summed E-state index contributed by atoms with van der Waals surface area (Å²) < 4.78 is 0. The first kappa shape index (κ1) is 13.1. The van der Waals surface area contributed by atoms with E-state index in [1.54, 1.807) is 12.1 Å². The first-order valence-corrected chi connectivity index (χ1v) is 6.62. The normalized spacial score (nSPS) is 24.7. The summed E-state index contributed by atoms with van der Waals surface area (Å²) in [6.45, 7) is 2.85. The molecule has 0 aliphatic heterocycles. The number of hydrogen-bond acceptors (Lipinski definition) is 3. The molecule has 3 atom stereocenters. The number of rotatable bonds is 4. The average Bonchev–Trinajstić information content (AvgIpc) is 2.81. The second-order valence-corrected chi connectivity index (χ2v) is 5.17. The summed E-state index contributed by atoms with van der Waals surface area (Å²) >= 11 is 0. The van der Waals surface area contributed by atoms with Gasteiger partial charge in [-0.3, -0.25) is 0 Å². The fraction of sp³-hybridized carbons (Fsp3) is 0.533. The minimum Gasteiger partial charge on any atom is -0.387 e. The van der Waals surface area contributed by atoms with Crippen molar-refractivity contribution in [2.24, 2.45) is 5.92 Å². The van der Waals surface area contributed by atoms with Crippen LogP contribution in [-0.2, 0) is 0 Å². The summed E-state index contributed by atoms with van der Waals surface area (Å²) in [6, 6.07) is 9.76. The molecule has 0 aromatic heterocycles. The van der Waals surface area contributed by atoms with Gasteiger partial charge in [0.25, 0.3) is 0 Å². The van der Waals surface area contributed by atoms with E-state index >= 15 is 0 Å². The Hall–Kier alpha value is -1.37. The van der Waals surface area contributed by atoms with Crippen molar-refractivity contribution in [2.75, 3.05) is 6.54 Å². The van der Waals surface area contributed by atoms with Gasteiger partial charge in [-0.1, -0.05) is 25.5 Å². The zero-order chi connectivity index (χ0) is 13.0. The average molecular weight is 244 g/mol. The van der Waals surface area contributed by atoms with Crippen molar-refractivity contribution >= 4 is 0 Å². The number of nitrogens with one attached hydrogen (secondary N) is 1. The highest BCUT2D eigenvalue weighted by molar-refractivity contribution is 5.32. The van der Waals surface area contributed by atoms with Crippen LogP contribution in [0.2, 0.25) is 0 Å². The van der Waals surface area contributed by atoms with E-state index in [9.17, 15) is 5.11 Å². The van der Waals surface area contributed by atoms with E-state index < -0.39 is 6.10 Å². The fourth-order valence-electron chi connectivity index (χ4n) is 2.61. The van der Waals surface area contributed by atoms with Crippen LogP contribution < -0.4 is 5.32 Å². The lowest BCUT2D eigenvalue weighted by Gasteiger charge is -2.20. The van der Waals surface area contributed by atoms with Crippen molar-refractivity contribution in [3.63, 3.8) is 0 Å². The zero-order valence-electron chi connectivity index (χ0n) is 10.8. The van der Waals surface area contributed by atoms with Crippen LogP contribution >= 0.6 is 0 Å². The van der Waals surface area contributed by atoms with E-state index in [-0.39, 0.29) is 0 Å². The Morgan fingerprint density at radius 1 is 1.39 bits per heavy atom. The molecule has 1 aliphatic carbocycles. The summed E-state index contributed by atoms with van der Waals surface area (Å²) in [6.07, 6.45) is 3.28. The first-order chi connectivity index (χ1) is 8.70. The van der Waals surface area contributed by atoms with Crippen LogP contribution in [-0.4, -0.2) is 17.7 Å². The van der Waals surface area contributed by atoms with Gasteiger partial charge < -0.3 is 10.4 Å². The lowest BCUT2D eigenvalue weighted by molar-refractivity contribution is 0.167. The van der Waals surface area contributed by atoms with Gasteiger partial charge in [0.1, 0.15) is 0 Å². The van der Waals surface area contributed by atoms with Crippen LogP contribution in [0.5, 0.6) is 0 Å². The highest BCUT2D eigenvalue weighted by Crippen LogP contribution is 2.25. The van der Waals surface area contributed by atoms with Crippen LogP contribution in [0.1, 0.15) is 43.4 Å². The molecule has 1 aromatic carbocycles. The van der Waals surface area contributed by atoms with Gasteiger partial charge in [0.2, 0.25) is 0 Å². The van der Waals surface area contributed by atoms with Gasteiger partial charge in [0.15, 0.2) is 0 Å². The first-order valence-electron chi connectivity index (χ1n) is 6.62. The minimum atomic E-state index is -0.495. The molecule has 0 radical (unpaired) electrons. The third kappa shape index (κ3) is 3.10. The highest BCUT2D eigenvalue weighted by Gasteiger charge is 2.23. The molecule has 18 heavy (non-hydrogen) atoms. The molecule has 2 rings (SSSR count). The molecule has 0 heterocycles. The third-order valence-corrected chi connectivity index (χ3v) is 3.86. The summed E-state index contributed by atoms with van der Waals surface area (Å²) in [5.41, 5.74) is 1.50. The van der Waals surface area contributed by atoms with Crippen LogP contribution in [0.4, 0.5) is 0 Å². The largest absolute Gasteiger partial charge is 0.387 e. The predicted octanol–water partition coefficient (Wildman–Crippen LogP) is 2.37. The maximum Gasteiger partial charge on any atom is 0.0991 e. The topological polar surface area (TPSA) is 56.0 Å². The molecule has 0 saturated heterocycles. The predicted molar refractivity (Wildman–Crippen MR) is 70.9 cm³/mol. The Kier molecular flexibility index (Phi) is 4.35. The monoisotopic (exact) mass is 244 g/mol. The minimum absolute atomic E-state index is 0.495. The molecule has 1 saturated carbocycles. The summed E-state index contributed by atoms with van der Waals surface area (Å²) in [7, 11) is 0. The molecular weight excluding hydrogens is 224 g/mol. The quantitative estimate of drug-likeness (QED) is 0.855. The Bertz CT molecular complexity index is 421. The fourth-order valence-corrected chi connectivity index (χ4v) is 2.61. The molecule has 1 aliphatic rings. The zero-order valence-corrected chi connectivity index (χ0v) is 10.8. The van der Waals surface area contributed by atoms with E-state index in [1.165, 1.54) is 19.3 Å². The van der Waals surface area contributed by atoms with Crippen molar-refractivity contribution in [3.05, 3.63) is 35.4 Å². The molecule has 2 N–H and O–H groups in total. The summed E-state index contributed by atoms with van der Waals surface area (Å²) in [5, 5.41) is 22.2. The van der Waals surface area contributed by atoms with Crippen LogP contribution in [0.3, 0.4) is 0 Å². The van der Waals surface area contributed by atoms with Gasteiger partial charge in [0, 0.05) is 12.6 Å². The molecule has 96 valence electrons. The van der Waals surface area contributed by atoms with E-state index in [0.717, 1.165) is 5.56 Å². The van der Waals surface area contributed by atoms with Crippen molar-refractivity contribution in [2.45, 2.75) is 38.3 Å². The molecule has 3 nitrogen and oxygen atoms in total. The molecule has 3 heteroatoms. The number of nitriles is 1. The SMILES string of the molecule is CC1CCCC1NCC(O)c1ccc(C#N)cc1. The number of aliphatic hydroxyl groups is 1. The molecule has 1 aromatic rings. The van der Waals surface area contributed by atoms with Gasteiger partial charge in [0.05, 0.1) is 17.7 Å². The molecule has 0 bridgehead atoms. The second kappa shape index (κ2) is 5.99. The van der Waals surface area contributed by atoms with Gasteiger partial charge in [-0.2, -0.15) is 5.26 Å². The Morgan fingerprint density at radius 3 is 2.67 bits per heavy atom. The van der Waals surface area contributed by atoms with Gasteiger partial charge in [-0.15, -0.1) is 0 Å². The molecule has 0 amide bonds. The summed E-state index contributed by atoms with van der Waals surface area (Å²) in [5.74, 6) is 0.707. The molecule has 1 fully saturated rings. The lowest BCUT2D eigenvalue weighted by Crippen LogP contribution is -2.34. The van der Waals surface area contributed by atoms with Gasteiger partial charge >= 0.3 is 0 Å². The maximum atomic E-state index is 10.1. The standard InChI is InChI=1S/C15H20N2O/c1-11-3-2-4-14(11)17-10-15(18)13-7-5-12(9-16)6-8-13/h5-8,11,14-15,17-18H,2-4,10H2,1H3. The molecule has 3 unspecified atom stereocenters. The van der Waals surface area contributed by atoms with Crippen molar-refractivity contribution in [3.8, 4) is 6.07 Å². The molecular formula is C15H20N2O. The van der Waals surface area contributed by atoms with E-state index in [1.807, 2.05) is 12.1 Å². The third-order valence-electron chi connectivity index (χ3n) is 3.86. The Labute approximate surface area is 108 Å². The second-order valence-electron chi connectivity index (χ2n) is 5.17. The van der Waals surface area contributed by atoms with E-state index in [4.69, 9.17) is 5.26 Å². The summed E-state index contributed by atoms with van der Waals surface area (Å²) in [4.78, 5) is 0. The number of hydrogen-bond donors (Lipinski definition) is 2. The number of benzene rings is 1. The van der Waals surface area contributed by atoms with Crippen molar-refractivity contribution in [1.29, 1.82) is 5.26 Å². The van der Waals surface area contributed by atoms with Crippen molar-refractivity contribution in [1.82, 2.24) is 5.32 Å². The van der Waals surface area contributed by atoms with E-state index in [2.05, 4.69) is 18.3 Å². The number of nitrogens with zero attached hydrogens (tertiary/aromatic N) is 1. The lowest BCUT2D eigenvalue weighted by atomic mass is 10.0. The van der Waals surface area contributed by atoms with Crippen LogP contribution in [0, 0.1) is 17.2 Å². The highest BCUT2D eigenvalue weighted by atomic mass is 16.3. The smallest absolute Gasteiger partial charge is 0.0991 e. The van der Waals surface area contributed by atoms with E-state index in [0.29, 0.717) is 24.1 Å². The van der Waals surface area contributed by atoms with Gasteiger partial charge in [-0.25, -0.2) is 0 Å². The van der Waals surface area contributed by atoms with Crippen LogP contribution in [0.25, 0.3) is 0 Å². The molecule has 0 spiro atoms. The maximum absolute atomic E-state index is 10.1. The van der Waals surface area contributed by atoms with Gasteiger partial charge in [-0.05, 0) is 36.5 Å². The Morgan fingerprint density at radius 2 is 2.11 bits per heavy atom. The number of aliphatic hydroxyl groups excluding tert-OH is 1.